The molecule has 1 N–H and O–H groups in total. The van der Waals surface area contributed by atoms with Gasteiger partial charge in [-0.25, -0.2) is 0 Å². The zero-order valence-electron chi connectivity index (χ0n) is 14.6. The Balaban J connectivity index is 1.76. The van der Waals surface area contributed by atoms with Crippen LogP contribution in [0.1, 0.15) is 43.5 Å². The number of carbonyl (C=O) groups excluding carboxylic acids is 3. The number of nitrogens with zero attached hydrogens (tertiary/aromatic N) is 1. The van der Waals surface area contributed by atoms with Gasteiger partial charge in [-0.05, 0) is 31.2 Å². The molecule has 7 heteroatoms. The Morgan fingerprint density at radius 1 is 1.40 bits per heavy atom. The Kier molecular flexibility index (Phi) is 5.22. The fourth-order valence-electron chi connectivity index (χ4n) is 3.57. The lowest BCUT2D eigenvalue weighted by atomic mass is 9.95. The van der Waals surface area contributed by atoms with Crippen molar-refractivity contribution < 1.29 is 23.5 Å². The van der Waals surface area contributed by atoms with Crippen LogP contribution in [-0.4, -0.2) is 53.8 Å². The van der Waals surface area contributed by atoms with Crippen molar-refractivity contribution in [3.05, 3.63) is 24.2 Å². The van der Waals surface area contributed by atoms with Crippen LogP contribution in [-0.2, 0) is 14.3 Å². The van der Waals surface area contributed by atoms with E-state index in [0.717, 1.165) is 12.8 Å². The van der Waals surface area contributed by atoms with Gasteiger partial charge in [0.15, 0.2) is 5.78 Å². The molecule has 0 bridgehead atoms. The lowest BCUT2D eigenvalue weighted by Crippen LogP contribution is -2.58. The van der Waals surface area contributed by atoms with E-state index in [1.165, 1.54) is 12.5 Å². The highest BCUT2D eigenvalue weighted by Crippen LogP contribution is 2.27. The van der Waals surface area contributed by atoms with Crippen LogP contribution < -0.4 is 5.32 Å². The molecule has 3 heterocycles. The number of rotatable bonds is 5. The number of likely N-dealkylation sites (tertiary alicyclic amines) is 1. The highest BCUT2D eigenvalue weighted by atomic mass is 16.5. The standard InChI is InChI=1S/C18H24N2O5/c1-11(2)8-13(19-17(22)12-5-7-24-9-12)18(23)20-6-3-4-15-16(20)14(21)10-25-15/h5,7,9,11,13,15-16H,3-4,6,8,10H2,1-2H3,(H,19,22)/t13-,15?,16+/m0/s1. The first-order valence-electron chi connectivity index (χ1n) is 8.75. The molecule has 0 radical (unpaired) electrons. The van der Waals surface area contributed by atoms with Crippen molar-refractivity contribution in [3.8, 4) is 0 Å². The van der Waals surface area contributed by atoms with Crippen LogP contribution in [0.5, 0.6) is 0 Å². The van der Waals surface area contributed by atoms with Crippen molar-refractivity contribution in [3.63, 3.8) is 0 Å². The molecule has 1 unspecified atom stereocenters. The van der Waals surface area contributed by atoms with E-state index in [1.807, 2.05) is 13.8 Å². The smallest absolute Gasteiger partial charge is 0.255 e. The monoisotopic (exact) mass is 348 g/mol. The fraction of sp³-hybridized carbons (Fsp3) is 0.611. The number of carbonyl (C=O) groups is 3. The number of Topliss-reactive ketones (excluding diaryl/α,β-unsaturated/α-hetero) is 1. The molecule has 2 saturated heterocycles. The van der Waals surface area contributed by atoms with E-state index in [4.69, 9.17) is 9.15 Å². The van der Waals surface area contributed by atoms with Crippen LogP contribution in [0.25, 0.3) is 0 Å². The molecule has 1 aromatic heterocycles. The Bertz CT molecular complexity index is 640. The number of ether oxygens (including phenoxy) is 1. The molecule has 0 spiro atoms. The second kappa shape index (κ2) is 7.39. The van der Waals surface area contributed by atoms with E-state index in [1.54, 1.807) is 11.0 Å². The molecule has 0 saturated carbocycles. The molecular formula is C18H24N2O5. The normalized spacial score (nSPS) is 24.3. The summed E-state index contributed by atoms with van der Waals surface area (Å²) in [6.45, 7) is 4.57. The van der Waals surface area contributed by atoms with Crippen molar-refractivity contribution in [1.82, 2.24) is 10.2 Å². The van der Waals surface area contributed by atoms with Crippen LogP contribution >= 0.6 is 0 Å². The van der Waals surface area contributed by atoms with Crippen LogP contribution in [0.2, 0.25) is 0 Å². The zero-order chi connectivity index (χ0) is 18.0. The third-order valence-electron chi connectivity index (χ3n) is 4.72. The summed E-state index contributed by atoms with van der Waals surface area (Å²) >= 11 is 0. The largest absolute Gasteiger partial charge is 0.472 e. The maximum Gasteiger partial charge on any atom is 0.255 e. The van der Waals surface area contributed by atoms with E-state index in [2.05, 4.69) is 5.32 Å². The van der Waals surface area contributed by atoms with Gasteiger partial charge in [-0.2, -0.15) is 0 Å². The Morgan fingerprint density at radius 2 is 2.20 bits per heavy atom. The molecule has 0 aliphatic carbocycles. The maximum absolute atomic E-state index is 13.1. The topological polar surface area (TPSA) is 88.8 Å². The second-order valence-electron chi connectivity index (χ2n) is 7.10. The molecule has 3 atom stereocenters. The Morgan fingerprint density at radius 3 is 2.88 bits per heavy atom. The van der Waals surface area contributed by atoms with Gasteiger partial charge in [-0.15, -0.1) is 0 Å². The summed E-state index contributed by atoms with van der Waals surface area (Å²) in [6.07, 6.45) is 4.64. The van der Waals surface area contributed by atoms with Gasteiger partial charge in [0.1, 0.15) is 25.0 Å². The molecule has 3 rings (SSSR count). The molecule has 136 valence electrons. The number of fused-ring (bicyclic) bond motifs is 1. The first-order valence-corrected chi connectivity index (χ1v) is 8.75. The molecule has 7 nitrogen and oxygen atoms in total. The fourth-order valence-corrected chi connectivity index (χ4v) is 3.57. The average Bonchev–Trinajstić information content (AvgIpc) is 3.23. The molecule has 2 amide bonds. The quantitative estimate of drug-likeness (QED) is 0.868. The lowest BCUT2D eigenvalue weighted by Gasteiger charge is -2.37. The van der Waals surface area contributed by atoms with Crippen LogP contribution in [0, 0.1) is 5.92 Å². The van der Waals surface area contributed by atoms with Gasteiger partial charge in [0.05, 0.1) is 17.9 Å². The van der Waals surface area contributed by atoms with Crippen LogP contribution in [0.3, 0.4) is 0 Å². The van der Waals surface area contributed by atoms with Crippen molar-refractivity contribution >= 4 is 17.6 Å². The van der Waals surface area contributed by atoms with Crippen molar-refractivity contribution in [2.24, 2.45) is 5.92 Å². The van der Waals surface area contributed by atoms with Crippen LogP contribution in [0.15, 0.2) is 23.0 Å². The van der Waals surface area contributed by atoms with Crippen LogP contribution in [0.4, 0.5) is 0 Å². The van der Waals surface area contributed by atoms with Crippen molar-refractivity contribution in [2.45, 2.75) is 51.3 Å². The molecular weight excluding hydrogens is 324 g/mol. The summed E-state index contributed by atoms with van der Waals surface area (Å²) in [5.74, 6) is -0.397. The summed E-state index contributed by atoms with van der Waals surface area (Å²) in [5, 5.41) is 2.80. The average molecular weight is 348 g/mol. The SMILES string of the molecule is CC(C)C[C@H](NC(=O)c1ccoc1)C(=O)N1CCCC2OCC(=O)[C@H]21. The number of nitrogens with one attached hydrogen (secondary N) is 1. The predicted octanol–water partition coefficient (Wildman–Crippen LogP) is 1.38. The summed E-state index contributed by atoms with van der Waals surface area (Å²) in [7, 11) is 0. The van der Waals surface area contributed by atoms with E-state index < -0.39 is 12.1 Å². The second-order valence-corrected chi connectivity index (χ2v) is 7.10. The van der Waals surface area contributed by atoms with Crippen molar-refractivity contribution in [2.75, 3.05) is 13.2 Å². The minimum atomic E-state index is -0.672. The molecule has 1 aromatic rings. The minimum Gasteiger partial charge on any atom is -0.472 e. The van der Waals surface area contributed by atoms with E-state index >= 15 is 0 Å². The summed E-state index contributed by atoms with van der Waals surface area (Å²) in [6, 6.07) is 0.369. The van der Waals surface area contributed by atoms with Crippen molar-refractivity contribution in [1.29, 1.82) is 0 Å². The first kappa shape index (κ1) is 17.7. The van der Waals surface area contributed by atoms with Gasteiger partial charge in [0, 0.05) is 6.54 Å². The van der Waals surface area contributed by atoms with E-state index in [-0.39, 0.29) is 36.2 Å². The highest BCUT2D eigenvalue weighted by Gasteiger charge is 2.45. The summed E-state index contributed by atoms with van der Waals surface area (Å²) in [5.41, 5.74) is 0.373. The number of ketones is 1. The number of furan rings is 1. The number of piperidine rings is 1. The van der Waals surface area contributed by atoms with Gasteiger partial charge < -0.3 is 19.4 Å². The number of hydrogen-bond donors (Lipinski definition) is 1. The third-order valence-corrected chi connectivity index (χ3v) is 4.72. The predicted molar refractivity (Wildman–Crippen MR) is 88.9 cm³/mol. The Labute approximate surface area is 146 Å². The minimum absolute atomic E-state index is 0.0532. The summed E-state index contributed by atoms with van der Waals surface area (Å²) in [4.78, 5) is 39.2. The van der Waals surface area contributed by atoms with Gasteiger partial charge >= 0.3 is 0 Å². The van der Waals surface area contributed by atoms with Gasteiger partial charge in [-0.3, -0.25) is 14.4 Å². The van der Waals surface area contributed by atoms with Gasteiger partial charge in [-0.1, -0.05) is 13.8 Å². The zero-order valence-corrected chi connectivity index (χ0v) is 14.6. The van der Waals surface area contributed by atoms with Gasteiger partial charge in [0.25, 0.3) is 5.91 Å². The van der Waals surface area contributed by atoms with E-state index in [9.17, 15) is 14.4 Å². The van der Waals surface area contributed by atoms with Gasteiger partial charge in [0.2, 0.25) is 5.91 Å². The summed E-state index contributed by atoms with van der Waals surface area (Å²) < 4.78 is 10.4. The molecule has 0 aromatic carbocycles. The number of hydrogen-bond acceptors (Lipinski definition) is 5. The molecule has 2 aliphatic heterocycles. The molecule has 2 fully saturated rings. The lowest BCUT2D eigenvalue weighted by molar-refractivity contribution is -0.142. The van der Waals surface area contributed by atoms with E-state index in [0.29, 0.717) is 18.5 Å². The number of amides is 2. The maximum atomic E-state index is 13.1. The molecule has 2 aliphatic rings. The first-order chi connectivity index (χ1) is 12.0. The molecule has 25 heavy (non-hydrogen) atoms. The highest BCUT2D eigenvalue weighted by molar-refractivity contribution is 5.98. The third kappa shape index (κ3) is 3.76. The Hall–Kier alpha value is -2.15.